The maximum atomic E-state index is 14.0. The van der Waals surface area contributed by atoms with Crippen LogP contribution in [0, 0.1) is 16.7 Å². The van der Waals surface area contributed by atoms with E-state index in [2.05, 4.69) is 58.4 Å². The number of alkyl halides is 3. The van der Waals surface area contributed by atoms with Gasteiger partial charge in [0.15, 0.2) is 5.54 Å². The van der Waals surface area contributed by atoms with Crippen molar-refractivity contribution in [2.75, 3.05) is 17.2 Å². The lowest BCUT2D eigenvalue weighted by atomic mass is 9.96. The number of anilines is 2. The van der Waals surface area contributed by atoms with E-state index in [1.54, 1.807) is 12.3 Å². The third-order valence-corrected chi connectivity index (χ3v) is 8.46. The highest BCUT2D eigenvalue weighted by molar-refractivity contribution is 6.36. The molecule has 0 amide bonds. The Bertz CT molecular complexity index is 1840. The Morgan fingerprint density at radius 2 is 1.86 bits per heavy atom. The van der Waals surface area contributed by atoms with Crippen molar-refractivity contribution in [3.8, 4) is 6.07 Å². The van der Waals surface area contributed by atoms with Gasteiger partial charge in [-0.25, -0.2) is 4.98 Å². The predicted molar refractivity (Wildman–Crippen MR) is 167 cm³/mol. The number of aromatic nitrogens is 2. The van der Waals surface area contributed by atoms with Crippen molar-refractivity contribution in [1.29, 1.82) is 5.26 Å². The number of hydrogen-bond donors (Lipinski definition) is 4. The van der Waals surface area contributed by atoms with E-state index in [-0.39, 0.29) is 18.3 Å². The van der Waals surface area contributed by atoms with Gasteiger partial charge in [0.05, 0.1) is 33.5 Å². The van der Waals surface area contributed by atoms with Crippen LogP contribution in [0.1, 0.15) is 50.8 Å². The summed E-state index contributed by atoms with van der Waals surface area (Å²) in [5, 5.41) is 20.6. The van der Waals surface area contributed by atoms with Crippen LogP contribution in [0.25, 0.3) is 21.7 Å². The van der Waals surface area contributed by atoms with Crippen LogP contribution >= 0.6 is 23.2 Å². The highest BCUT2D eigenvalue weighted by Gasteiger charge is 2.67. The first-order valence-electron chi connectivity index (χ1n) is 14.0. The van der Waals surface area contributed by atoms with E-state index in [4.69, 9.17) is 23.2 Å². The highest BCUT2D eigenvalue weighted by Crippen LogP contribution is 2.54. The monoisotopic (exact) mass is 640 g/mol. The van der Waals surface area contributed by atoms with E-state index in [0.29, 0.717) is 55.6 Å². The first-order chi connectivity index (χ1) is 20.8. The minimum Gasteiger partial charge on any atom is -0.383 e. The fourth-order valence-electron chi connectivity index (χ4n) is 5.39. The summed E-state index contributed by atoms with van der Waals surface area (Å²) in [6, 6.07) is 12.4. The molecule has 1 atom stereocenters. The summed E-state index contributed by atoms with van der Waals surface area (Å²) >= 11 is 13.2. The first-order valence-corrected chi connectivity index (χ1v) is 14.7. The van der Waals surface area contributed by atoms with E-state index >= 15 is 0 Å². The third-order valence-electron chi connectivity index (χ3n) is 7.87. The van der Waals surface area contributed by atoms with Crippen LogP contribution in [0.3, 0.4) is 0 Å². The molecule has 1 aliphatic carbocycles. The molecule has 228 valence electrons. The van der Waals surface area contributed by atoms with E-state index < -0.39 is 17.8 Å². The second-order valence-corrected chi connectivity index (χ2v) is 13.0. The fraction of sp³-hybridized carbons (Fsp3) is 0.323. The average molecular weight is 642 g/mol. The van der Waals surface area contributed by atoms with Crippen molar-refractivity contribution in [3.05, 3.63) is 82.0 Å². The summed E-state index contributed by atoms with van der Waals surface area (Å²) in [6.07, 6.45) is 0.0923. The van der Waals surface area contributed by atoms with Gasteiger partial charge in [0.25, 0.3) is 0 Å². The van der Waals surface area contributed by atoms with Crippen LogP contribution in [0.15, 0.2) is 60.7 Å². The Labute approximate surface area is 262 Å². The molecule has 1 aliphatic heterocycles. The molecule has 2 aromatic carbocycles. The van der Waals surface area contributed by atoms with Crippen molar-refractivity contribution in [3.63, 3.8) is 0 Å². The van der Waals surface area contributed by atoms with E-state index in [9.17, 15) is 18.4 Å². The number of fused-ring (bicyclic) bond motifs is 2. The molecule has 4 aromatic rings. The Kier molecular flexibility index (Phi) is 7.43. The number of nitriles is 1. The number of hydrazine groups is 2. The number of halogens is 5. The zero-order valence-corrected chi connectivity index (χ0v) is 25.6. The van der Waals surface area contributed by atoms with Gasteiger partial charge in [0, 0.05) is 41.6 Å². The lowest BCUT2D eigenvalue weighted by Crippen LogP contribution is -2.52. The molecule has 1 saturated carbocycles. The average Bonchev–Trinajstić information content (AvgIpc) is 3.65. The van der Waals surface area contributed by atoms with Crippen LogP contribution in [-0.2, 0) is 0 Å². The van der Waals surface area contributed by atoms with Crippen molar-refractivity contribution in [2.45, 2.75) is 51.4 Å². The standard InChI is InChI=1S/C31H29Cl2F3N8/c1-29(2,3)16-40-25-17(13-37)14-39-26-22(25)11-18(12-23(26)32)41-27(20-5-4-6-21-19(20)7-10-38-28(21)33)24-15-44(43-42-24)30(8-9-30)31(34,35)36/h4-7,10-12,14-15,27,41-43H,8-9,16H2,1-3H3,(H,39,40)/t27-/m0/s1. The smallest absolute Gasteiger partial charge is 0.383 e. The van der Waals surface area contributed by atoms with E-state index in [0.717, 1.165) is 16.0 Å². The molecule has 0 spiro atoms. The minimum absolute atomic E-state index is 0.0124. The number of nitrogens with one attached hydrogen (secondary N) is 4. The number of pyridine rings is 2. The van der Waals surface area contributed by atoms with Gasteiger partial charge in [0.1, 0.15) is 11.2 Å². The van der Waals surface area contributed by atoms with E-state index in [1.165, 1.54) is 12.4 Å². The lowest BCUT2D eigenvalue weighted by molar-refractivity contribution is -0.195. The van der Waals surface area contributed by atoms with Gasteiger partial charge in [-0.3, -0.25) is 9.99 Å². The molecule has 3 heterocycles. The lowest BCUT2D eigenvalue weighted by Gasteiger charge is -2.28. The molecule has 2 aromatic heterocycles. The number of rotatable bonds is 7. The van der Waals surface area contributed by atoms with Crippen LogP contribution in [0.5, 0.6) is 0 Å². The van der Waals surface area contributed by atoms with Crippen LogP contribution in [0.4, 0.5) is 24.5 Å². The zero-order valence-electron chi connectivity index (χ0n) is 24.1. The largest absolute Gasteiger partial charge is 0.413 e. The molecule has 8 nitrogen and oxygen atoms in total. The molecule has 0 saturated heterocycles. The molecule has 0 bridgehead atoms. The summed E-state index contributed by atoms with van der Waals surface area (Å²) in [7, 11) is 0. The van der Waals surface area contributed by atoms with Crippen LogP contribution in [-0.4, -0.2) is 33.2 Å². The summed E-state index contributed by atoms with van der Waals surface area (Å²) in [5.74, 6) is 0. The summed E-state index contributed by atoms with van der Waals surface area (Å²) in [4.78, 5) is 8.63. The summed E-state index contributed by atoms with van der Waals surface area (Å²) < 4.78 is 42.0. The highest BCUT2D eigenvalue weighted by atomic mass is 35.5. The Morgan fingerprint density at radius 1 is 1.09 bits per heavy atom. The fourth-order valence-corrected chi connectivity index (χ4v) is 5.88. The predicted octanol–water partition coefficient (Wildman–Crippen LogP) is 7.83. The molecule has 6 rings (SSSR count). The molecule has 13 heteroatoms. The van der Waals surface area contributed by atoms with Crippen molar-refractivity contribution in [2.24, 2.45) is 5.41 Å². The van der Waals surface area contributed by atoms with Gasteiger partial charge in [0.2, 0.25) is 0 Å². The Morgan fingerprint density at radius 3 is 2.55 bits per heavy atom. The van der Waals surface area contributed by atoms with Gasteiger partial charge < -0.3 is 16.1 Å². The van der Waals surface area contributed by atoms with Gasteiger partial charge in [-0.15, -0.1) is 5.53 Å². The number of nitrogens with zero attached hydrogens (tertiary/aromatic N) is 4. The van der Waals surface area contributed by atoms with Gasteiger partial charge in [-0.2, -0.15) is 18.4 Å². The van der Waals surface area contributed by atoms with E-state index in [1.807, 2.05) is 30.3 Å². The van der Waals surface area contributed by atoms with Gasteiger partial charge >= 0.3 is 6.18 Å². The molecule has 0 unspecified atom stereocenters. The van der Waals surface area contributed by atoms with Crippen molar-refractivity contribution in [1.82, 2.24) is 25.9 Å². The SMILES string of the molecule is CC(C)(C)CNc1c(C#N)cnc2c(Cl)cc(N[C@H](C3=CN(C4(C(F)(F)F)CC4)NN3)c3cccc4c(Cl)nccc34)cc12. The van der Waals surface area contributed by atoms with Crippen molar-refractivity contribution < 1.29 is 13.2 Å². The molecule has 4 N–H and O–H groups in total. The van der Waals surface area contributed by atoms with Crippen LogP contribution in [0.2, 0.25) is 10.2 Å². The molecule has 44 heavy (non-hydrogen) atoms. The zero-order chi connectivity index (χ0) is 31.4. The van der Waals surface area contributed by atoms with Gasteiger partial charge in [-0.05, 0) is 47.4 Å². The normalized spacial score (nSPS) is 16.8. The maximum Gasteiger partial charge on any atom is 0.413 e. The molecular formula is C31H29Cl2F3N8. The molecule has 1 fully saturated rings. The summed E-state index contributed by atoms with van der Waals surface area (Å²) in [6.45, 7) is 6.82. The molecular weight excluding hydrogens is 612 g/mol. The second-order valence-electron chi connectivity index (χ2n) is 12.3. The number of benzene rings is 2. The second kappa shape index (κ2) is 10.9. The Balaban J connectivity index is 1.48. The summed E-state index contributed by atoms with van der Waals surface area (Å²) in [5.41, 5.74) is 6.88. The topological polar surface area (TPSA) is 101 Å². The van der Waals surface area contributed by atoms with Crippen molar-refractivity contribution >= 4 is 56.3 Å². The van der Waals surface area contributed by atoms with Crippen LogP contribution < -0.4 is 21.6 Å². The molecule has 0 radical (unpaired) electrons. The Hall–Kier alpha value is -3.98. The maximum absolute atomic E-state index is 14.0. The molecule has 2 aliphatic rings. The first kappa shape index (κ1) is 30.1. The van der Waals surface area contributed by atoms with Gasteiger partial charge in [-0.1, -0.05) is 62.2 Å². The number of hydrogen-bond acceptors (Lipinski definition) is 8. The minimum atomic E-state index is -4.41. The quantitative estimate of drug-likeness (QED) is 0.152. The third kappa shape index (κ3) is 5.42.